The molecule has 0 unspecified atom stereocenters. The first-order valence-corrected chi connectivity index (χ1v) is 8.13. The predicted octanol–water partition coefficient (Wildman–Crippen LogP) is 4.08. The van der Waals surface area contributed by atoms with E-state index in [0.29, 0.717) is 12.5 Å². The number of aliphatic imine (C=N–C) groups is 1. The van der Waals surface area contributed by atoms with Crippen LogP contribution in [0.4, 0.5) is 0 Å². The lowest BCUT2D eigenvalue weighted by Gasteiger charge is -2.06. The molecule has 3 N–H and O–H groups in total. The van der Waals surface area contributed by atoms with Crippen LogP contribution in [0.25, 0.3) is 0 Å². The molecule has 21 heavy (non-hydrogen) atoms. The molecule has 0 atom stereocenters. The van der Waals surface area contributed by atoms with Crippen molar-refractivity contribution in [1.82, 2.24) is 5.32 Å². The Hall–Kier alpha value is -0.600. The Labute approximate surface area is 155 Å². The lowest BCUT2D eigenvalue weighted by molar-refractivity contribution is 0.856. The topological polar surface area (TPSA) is 50.4 Å². The molecular formula is C15H19BrIN3S. The number of thiophene rings is 1. The third-order valence-electron chi connectivity index (χ3n) is 2.98. The first-order chi connectivity index (χ1) is 9.65. The van der Waals surface area contributed by atoms with Crippen molar-refractivity contribution in [3.05, 3.63) is 56.2 Å². The van der Waals surface area contributed by atoms with Gasteiger partial charge in [0, 0.05) is 15.9 Å². The van der Waals surface area contributed by atoms with Crippen molar-refractivity contribution >= 4 is 57.2 Å². The molecule has 0 aliphatic rings. The summed E-state index contributed by atoms with van der Waals surface area (Å²) >= 11 is 5.22. The largest absolute Gasteiger partial charge is 0.370 e. The van der Waals surface area contributed by atoms with Gasteiger partial charge >= 0.3 is 0 Å². The minimum Gasteiger partial charge on any atom is -0.370 e. The van der Waals surface area contributed by atoms with Gasteiger partial charge in [0.2, 0.25) is 0 Å². The number of hydrogen-bond donors (Lipinski definition) is 2. The van der Waals surface area contributed by atoms with Gasteiger partial charge in [0.25, 0.3) is 0 Å². The minimum atomic E-state index is 0. The average molecular weight is 480 g/mol. The monoisotopic (exact) mass is 479 g/mol. The van der Waals surface area contributed by atoms with Crippen LogP contribution in [0.1, 0.15) is 16.0 Å². The Morgan fingerprint density at radius 1 is 1.38 bits per heavy atom. The van der Waals surface area contributed by atoms with E-state index in [0.717, 1.165) is 17.4 Å². The standard InChI is InChI=1S/C15H18BrN3S.HI/c1-11-9-13(16)5-4-12(11)10-19-15(17)18-7-6-14-3-2-8-20-14;/h2-5,8-9H,6-7,10H2,1H3,(H3,17,18,19);1H. The Morgan fingerprint density at radius 2 is 2.19 bits per heavy atom. The van der Waals surface area contributed by atoms with E-state index in [1.165, 1.54) is 16.0 Å². The van der Waals surface area contributed by atoms with Crippen LogP contribution >= 0.6 is 51.2 Å². The summed E-state index contributed by atoms with van der Waals surface area (Å²) in [4.78, 5) is 5.73. The summed E-state index contributed by atoms with van der Waals surface area (Å²) in [6, 6.07) is 10.4. The maximum absolute atomic E-state index is 5.87. The lowest BCUT2D eigenvalue weighted by atomic mass is 10.1. The van der Waals surface area contributed by atoms with Crippen molar-refractivity contribution in [2.75, 3.05) is 6.54 Å². The third-order valence-corrected chi connectivity index (χ3v) is 4.41. The van der Waals surface area contributed by atoms with Crippen LogP contribution in [0, 0.1) is 6.92 Å². The van der Waals surface area contributed by atoms with Crippen LogP contribution in [-0.4, -0.2) is 12.5 Å². The van der Waals surface area contributed by atoms with Crippen LogP contribution in [0.3, 0.4) is 0 Å². The fourth-order valence-electron chi connectivity index (χ4n) is 1.83. The number of guanidine groups is 1. The number of rotatable bonds is 5. The lowest BCUT2D eigenvalue weighted by Crippen LogP contribution is -2.33. The minimum absolute atomic E-state index is 0. The quantitative estimate of drug-likeness (QED) is 0.385. The highest BCUT2D eigenvalue weighted by Crippen LogP contribution is 2.16. The van der Waals surface area contributed by atoms with Crippen molar-refractivity contribution in [2.24, 2.45) is 10.7 Å². The molecule has 0 saturated carbocycles. The molecule has 0 radical (unpaired) electrons. The zero-order chi connectivity index (χ0) is 14.4. The summed E-state index contributed by atoms with van der Waals surface area (Å²) in [7, 11) is 0. The molecule has 1 aromatic carbocycles. The number of nitrogens with two attached hydrogens (primary N) is 1. The maximum Gasteiger partial charge on any atom is 0.188 e. The zero-order valence-electron chi connectivity index (χ0n) is 11.8. The molecule has 0 saturated heterocycles. The molecule has 114 valence electrons. The van der Waals surface area contributed by atoms with Gasteiger partial charge in [-0.15, -0.1) is 35.3 Å². The second-order valence-corrected chi connectivity index (χ2v) is 6.48. The SMILES string of the molecule is Cc1cc(Br)ccc1CN=C(N)NCCc1cccs1.I. The molecule has 1 aromatic heterocycles. The molecule has 0 spiro atoms. The molecular weight excluding hydrogens is 461 g/mol. The Kier molecular flexibility index (Phi) is 8.28. The van der Waals surface area contributed by atoms with Gasteiger partial charge in [-0.1, -0.05) is 28.1 Å². The highest BCUT2D eigenvalue weighted by molar-refractivity contribution is 14.0. The van der Waals surface area contributed by atoms with E-state index in [-0.39, 0.29) is 24.0 Å². The normalized spacial score (nSPS) is 11.0. The second-order valence-electron chi connectivity index (χ2n) is 4.53. The van der Waals surface area contributed by atoms with Crippen molar-refractivity contribution < 1.29 is 0 Å². The molecule has 0 fully saturated rings. The first kappa shape index (κ1) is 18.4. The molecule has 0 aliphatic heterocycles. The van der Waals surface area contributed by atoms with Gasteiger partial charge in [0.05, 0.1) is 6.54 Å². The molecule has 0 bridgehead atoms. The van der Waals surface area contributed by atoms with Crippen LogP contribution in [-0.2, 0) is 13.0 Å². The van der Waals surface area contributed by atoms with E-state index in [1.807, 2.05) is 6.07 Å². The summed E-state index contributed by atoms with van der Waals surface area (Å²) < 4.78 is 1.09. The van der Waals surface area contributed by atoms with Gasteiger partial charge in [-0.2, -0.15) is 0 Å². The molecule has 1 heterocycles. The van der Waals surface area contributed by atoms with Gasteiger partial charge in [-0.05, 0) is 48.1 Å². The van der Waals surface area contributed by atoms with E-state index < -0.39 is 0 Å². The van der Waals surface area contributed by atoms with Gasteiger partial charge in [0.1, 0.15) is 0 Å². The van der Waals surface area contributed by atoms with Crippen LogP contribution in [0.5, 0.6) is 0 Å². The van der Waals surface area contributed by atoms with Crippen molar-refractivity contribution in [1.29, 1.82) is 0 Å². The molecule has 2 aromatic rings. The number of hydrogen-bond acceptors (Lipinski definition) is 2. The van der Waals surface area contributed by atoms with Crippen LogP contribution < -0.4 is 11.1 Å². The predicted molar refractivity (Wildman–Crippen MR) is 106 cm³/mol. The number of nitrogens with one attached hydrogen (secondary N) is 1. The van der Waals surface area contributed by atoms with Gasteiger partial charge in [0.15, 0.2) is 5.96 Å². The maximum atomic E-state index is 5.87. The molecule has 3 nitrogen and oxygen atoms in total. The number of aryl methyl sites for hydroxylation is 1. The smallest absolute Gasteiger partial charge is 0.188 e. The van der Waals surface area contributed by atoms with E-state index in [9.17, 15) is 0 Å². The summed E-state index contributed by atoms with van der Waals surface area (Å²) in [5.41, 5.74) is 8.28. The van der Waals surface area contributed by atoms with E-state index >= 15 is 0 Å². The Bertz CT molecular complexity index is 585. The average Bonchev–Trinajstić information content (AvgIpc) is 2.91. The highest BCUT2D eigenvalue weighted by Gasteiger charge is 1.99. The Balaban J connectivity index is 0.00000220. The Morgan fingerprint density at radius 3 is 2.86 bits per heavy atom. The fraction of sp³-hybridized carbons (Fsp3) is 0.267. The summed E-state index contributed by atoms with van der Waals surface area (Å²) in [6.45, 7) is 3.50. The summed E-state index contributed by atoms with van der Waals surface area (Å²) in [6.07, 6.45) is 0.977. The van der Waals surface area contributed by atoms with Gasteiger partial charge in [-0.3, -0.25) is 0 Å². The van der Waals surface area contributed by atoms with Crippen molar-refractivity contribution in [3.63, 3.8) is 0 Å². The fourth-order valence-corrected chi connectivity index (χ4v) is 3.02. The summed E-state index contributed by atoms with van der Waals surface area (Å²) in [5, 5.41) is 5.23. The van der Waals surface area contributed by atoms with E-state index in [2.05, 4.69) is 62.8 Å². The van der Waals surface area contributed by atoms with Crippen LogP contribution in [0.2, 0.25) is 0 Å². The van der Waals surface area contributed by atoms with Crippen molar-refractivity contribution in [2.45, 2.75) is 19.9 Å². The molecule has 6 heteroatoms. The second kappa shape index (κ2) is 9.42. The van der Waals surface area contributed by atoms with Gasteiger partial charge < -0.3 is 11.1 Å². The molecule has 0 amide bonds. The van der Waals surface area contributed by atoms with Crippen LogP contribution in [0.15, 0.2) is 45.2 Å². The van der Waals surface area contributed by atoms with E-state index in [1.54, 1.807) is 11.3 Å². The number of nitrogens with zero attached hydrogens (tertiary/aromatic N) is 1. The van der Waals surface area contributed by atoms with Crippen molar-refractivity contribution in [3.8, 4) is 0 Å². The zero-order valence-corrected chi connectivity index (χ0v) is 16.5. The number of halogens is 2. The van der Waals surface area contributed by atoms with Gasteiger partial charge in [-0.25, -0.2) is 4.99 Å². The third kappa shape index (κ3) is 6.36. The first-order valence-electron chi connectivity index (χ1n) is 6.46. The van der Waals surface area contributed by atoms with E-state index in [4.69, 9.17) is 5.73 Å². The summed E-state index contributed by atoms with van der Waals surface area (Å²) in [5.74, 6) is 0.504. The highest BCUT2D eigenvalue weighted by atomic mass is 127. The molecule has 0 aliphatic carbocycles. The number of benzene rings is 1. The molecule has 2 rings (SSSR count).